The molecule has 2 aromatic rings. The van der Waals surface area contributed by atoms with Crippen LogP contribution >= 0.6 is 11.6 Å². The predicted molar refractivity (Wildman–Crippen MR) is 61.9 cm³/mol. The number of halogens is 1. The van der Waals surface area contributed by atoms with E-state index in [9.17, 15) is 0 Å². The van der Waals surface area contributed by atoms with Gasteiger partial charge in [0.1, 0.15) is 5.69 Å². The van der Waals surface area contributed by atoms with Gasteiger partial charge in [0.2, 0.25) is 0 Å². The predicted octanol–water partition coefficient (Wildman–Crippen LogP) is 2.23. The second kappa shape index (κ2) is 4.16. The molecule has 2 aromatic heterocycles. The van der Waals surface area contributed by atoms with Gasteiger partial charge in [-0.15, -0.1) is 0 Å². The van der Waals surface area contributed by atoms with E-state index in [1.54, 1.807) is 6.20 Å². The Morgan fingerprint density at radius 3 is 3.06 bits per heavy atom. The lowest BCUT2D eigenvalue weighted by molar-refractivity contribution is 0.192. The third-order valence-electron chi connectivity index (χ3n) is 2.93. The Morgan fingerprint density at radius 2 is 2.41 bits per heavy atom. The second-order valence-electron chi connectivity index (χ2n) is 4.17. The molecule has 0 unspecified atom stereocenters. The maximum absolute atomic E-state index is 5.92. The molecule has 0 saturated carbocycles. The molecule has 3 rings (SSSR count). The van der Waals surface area contributed by atoms with Gasteiger partial charge in [0.15, 0.2) is 5.82 Å². The highest BCUT2D eigenvalue weighted by molar-refractivity contribution is 6.30. The van der Waals surface area contributed by atoms with Crippen molar-refractivity contribution in [1.82, 2.24) is 14.7 Å². The molecule has 1 atom stereocenters. The van der Waals surface area contributed by atoms with Crippen molar-refractivity contribution in [3.63, 3.8) is 0 Å². The Bertz CT molecular complexity index is 529. The SMILES string of the molecule is Cn1cc(Cl)cc1-c1nc([C@H]2CCOC2)no1. The first-order valence-electron chi connectivity index (χ1n) is 5.47. The Kier molecular flexibility index (Phi) is 2.64. The lowest BCUT2D eigenvalue weighted by Gasteiger charge is -1.98. The number of hydrogen-bond acceptors (Lipinski definition) is 4. The molecule has 0 amide bonds. The standard InChI is InChI=1S/C11H12ClN3O2/c1-15-5-8(12)4-9(15)11-13-10(14-17-11)7-2-3-16-6-7/h4-5,7H,2-3,6H2,1H3/t7-/m0/s1. The van der Waals surface area contributed by atoms with Gasteiger partial charge < -0.3 is 13.8 Å². The van der Waals surface area contributed by atoms with Crippen LogP contribution in [0.4, 0.5) is 0 Å². The van der Waals surface area contributed by atoms with E-state index >= 15 is 0 Å². The van der Waals surface area contributed by atoms with Gasteiger partial charge in [-0.3, -0.25) is 0 Å². The molecule has 90 valence electrons. The van der Waals surface area contributed by atoms with Crippen LogP contribution in [-0.2, 0) is 11.8 Å². The summed E-state index contributed by atoms with van der Waals surface area (Å²) >= 11 is 5.92. The number of aromatic nitrogens is 3. The van der Waals surface area contributed by atoms with Gasteiger partial charge in [0.05, 0.1) is 11.6 Å². The van der Waals surface area contributed by atoms with Crippen molar-refractivity contribution in [3.05, 3.63) is 23.1 Å². The molecule has 0 radical (unpaired) electrons. The number of aryl methyl sites for hydroxylation is 1. The van der Waals surface area contributed by atoms with Gasteiger partial charge >= 0.3 is 0 Å². The van der Waals surface area contributed by atoms with Crippen molar-refractivity contribution in [2.45, 2.75) is 12.3 Å². The molecule has 0 aromatic carbocycles. The van der Waals surface area contributed by atoms with Crippen molar-refractivity contribution < 1.29 is 9.26 Å². The van der Waals surface area contributed by atoms with Crippen LogP contribution in [0.25, 0.3) is 11.6 Å². The first-order chi connectivity index (χ1) is 8.24. The van der Waals surface area contributed by atoms with Gasteiger partial charge in [0.25, 0.3) is 5.89 Å². The molecule has 0 N–H and O–H groups in total. The number of hydrogen-bond donors (Lipinski definition) is 0. The van der Waals surface area contributed by atoms with E-state index in [-0.39, 0.29) is 5.92 Å². The normalized spacial score (nSPS) is 20.0. The molecule has 17 heavy (non-hydrogen) atoms. The van der Waals surface area contributed by atoms with E-state index in [1.165, 1.54) is 0 Å². The van der Waals surface area contributed by atoms with Crippen LogP contribution in [0.5, 0.6) is 0 Å². The lowest BCUT2D eigenvalue weighted by atomic mass is 10.1. The second-order valence-corrected chi connectivity index (χ2v) is 4.61. The average Bonchev–Trinajstić information content (AvgIpc) is 2.97. The number of ether oxygens (including phenoxy) is 1. The molecule has 6 heteroatoms. The summed E-state index contributed by atoms with van der Waals surface area (Å²) in [6.07, 6.45) is 2.76. The summed E-state index contributed by atoms with van der Waals surface area (Å²) in [6, 6.07) is 1.81. The molecule has 0 spiro atoms. The fourth-order valence-electron chi connectivity index (χ4n) is 1.98. The van der Waals surface area contributed by atoms with Crippen LogP contribution in [0.15, 0.2) is 16.8 Å². The molecule has 1 aliphatic heterocycles. The zero-order valence-corrected chi connectivity index (χ0v) is 10.1. The molecule has 3 heterocycles. The Hall–Kier alpha value is -1.33. The third-order valence-corrected chi connectivity index (χ3v) is 3.13. The van der Waals surface area contributed by atoms with Crippen molar-refractivity contribution in [2.24, 2.45) is 7.05 Å². The molecular formula is C11H12ClN3O2. The average molecular weight is 254 g/mol. The van der Waals surface area contributed by atoms with E-state index in [2.05, 4.69) is 10.1 Å². The Labute approximate surface area is 103 Å². The van der Waals surface area contributed by atoms with Crippen molar-refractivity contribution in [1.29, 1.82) is 0 Å². The van der Waals surface area contributed by atoms with Gasteiger partial charge in [-0.05, 0) is 12.5 Å². The Morgan fingerprint density at radius 1 is 1.53 bits per heavy atom. The highest BCUT2D eigenvalue weighted by Crippen LogP contribution is 2.27. The third kappa shape index (κ3) is 1.96. The molecule has 1 aliphatic rings. The van der Waals surface area contributed by atoms with Crippen LogP contribution in [0.2, 0.25) is 5.02 Å². The van der Waals surface area contributed by atoms with E-state index in [1.807, 2.05) is 17.7 Å². The fourth-order valence-corrected chi connectivity index (χ4v) is 2.23. The summed E-state index contributed by atoms with van der Waals surface area (Å²) < 4.78 is 12.4. The summed E-state index contributed by atoms with van der Waals surface area (Å²) in [5.41, 5.74) is 0.827. The molecule has 0 aliphatic carbocycles. The molecular weight excluding hydrogens is 242 g/mol. The van der Waals surface area contributed by atoms with Gasteiger partial charge in [-0.2, -0.15) is 4.98 Å². The summed E-state index contributed by atoms with van der Waals surface area (Å²) in [7, 11) is 1.89. The quantitative estimate of drug-likeness (QED) is 0.824. The highest BCUT2D eigenvalue weighted by Gasteiger charge is 2.24. The van der Waals surface area contributed by atoms with E-state index < -0.39 is 0 Å². The zero-order chi connectivity index (χ0) is 11.8. The summed E-state index contributed by atoms with van der Waals surface area (Å²) in [5.74, 6) is 1.47. The first-order valence-corrected chi connectivity index (χ1v) is 5.85. The van der Waals surface area contributed by atoms with Crippen molar-refractivity contribution in [2.75, 3.05) is 13.2 Å². The van der Waals surface area contributed by atoms with Crippen molar-refractivity contribution >= 4 is 11.6 Å². The van der Waals surface area contributed by atoms with Crippen LogP contribution in [0.1, 0.15) is 18.2 Å². The topological polar surface area (TPSA) is 53.1 Å². The summed E-state index contributed by atoms with van der Waals surface area (Å²) in [6.45, 7) is 1.44. The molecule has 5 nitrogen and oxygen atoms in total. The molecule has 0 bridgehead atoms. The molecule has 1 fully saturated rings. The summed E-state index contributed by atoms with van der Waals surface area (Å²) in [4.78, 5) is 4.40. The van der Waals surface area contributed by atoms with E-state index in [0.717, 1.165) is 24.5 Å². The largest absolute Gasteiger partial charge is 0.381 e. The van der Waals surface area contributed by atoms with Gasteiger partial charge in [-0.25, -0.2) is 0 Å². The van der Waals surface area contributed by atoms with Crippen LogP contribution in [-0.4, -0.2) is 27.9 Å². The fraction of sp³-hybridized carbons (Fsp3) is 0.455. The maximum atomic E-state index is 5.92. The highest BCUT2D eigenvalue weighted by atomic mass is 35.5. The van der Waals surface area contributed by atoms with Gasteiger partial charge in [-0.1, -0.05) is 16.8 Å². The van der Waals surface area contributed by atoms with Crippen LogP contribution < -0.4 is 0 Å². The first kappa shape index (κ1) is 10.8. The zero-order valence-electron chi connectivity index (χ0n) is 9.39. The number of rotatable bonds is 2. The van der Waals surface area contributed by atoms with E-state index in [4.69, 9.17) is 20.9 Å². The Balaban J connectivity index is 1.91. The van der Waals surface area contributed by atoms with Gasteiger partial charge in [0, 0.05) is 25.8 Å². The minimum absolute atomic E-state index is 0.253. The minimum atomic E-state index is 0.253. The monoisotopic (exact) mass is 253 g/mol. The smallest absolute Gasteiger partial charge is 0.274 e. The number of nitrogens with zero attached hydrogens (tertiary/aromatic N) is 3. The van der Waals surface area contributed by atoms with E-state index in [0.29, 0.717) is 17.5 Å². The van der Waals surface area contributed by atoms with Crippen molar-refractivity contribution in [3.8, 4) is 11.6 Å². The minimum Gasteiger partial charge on any atom is -0.381 e. The summed E-state index contributed by atoms with van der Waals surface area (Å²) in [5, 5.41) is 4.66. The lowest BCUT2D eigenvalue weighted by Crippen LogP contribution is -1.99. The molecule has 1 saturated heterocycles. The van der Waals surface area contributed by atoms with Crippen LogP contribution in [0, 0.1) is 0 Å². The van der Waals surface area contributed by atoms with Crippen LogP contribution in [0.3, 0.4) is 0 Å². The maximum Gasteiger partial charge on any atom is 0.274 e.